The normalized spacial score (nSPS) is 10.9. The van der Waals surface area contributed by atoms with Gasteiger partial charge < -0.3 is 9.30 Å². The minimum absolute atomic E-state index is 0.0841. The Hall–Kier alpha value is -2.88. The van der Waals surface area contributed by atoms with Crippen molar-refractivity contribution in [3.8, 4) is 17.3 Å². The molecule has 3 rings (SSSR count). The number of nitro benzene ring substituents is 1. The van der Waals surface area contributed by atoms with Crippen LogP contribution in [0.4, 0.5) is 5.69 Å². The summed E-state index contributed by atoms with van der Waals surface area (Å²) in [5.74, 6) is 1.73. The van der Waals surface area contributed by atoms with Gasteiger partial charge in [0.2, 0.25) is 5.88 Å². The Bertz CT molecular complexity index is 936. The monoisotopic (exact) mass is 374 g/mol. The van der Waals surface area contributed by atoms with E-state index in [1.165, 1.54) is 17.8 Å². The van der Waals surface area contributed by atoms with Gasteiger partial charge in [-0.3, -0.25) is 14.8 Å². The van der Waals surface area contributed by atoms with Gasteiger partial charge in [0.25, 0.3) is 5.69 Å². The SMILES string of the molecule is CCn1c(SCc2cccc([N+](=O)[O-])c2)nnc1-c1cn(C)nc1OC. The highest BCUT2D eigenvalue weighted by molar-refractivity contribution is 7.98. The smallest absolute Gasteiger partial charge is 0.269 e. The summed E-state index contributed by atoms with van der Waals surface area (Å²) in [6.07, 6.45) is 1.84. The van der Waals surface area contributed by atoms with Gasteiger partial charge in [-0.1, -0.05) is 23.9 Å². The van der Waals surface area contributed by atoms with Crippen molar-refractivity contribution in [2.24, 2.45) is 7.05 Å². The molecule has 0 unspecified atom stereocenters. The Labute approximate surface area is 154 Å². The van der Waals surface area contributed by atoms with Crippen LogP contribution in [0.3, 0.4) is 0 Å². The number of aryl methyl sites for hydroxylation is 1. The Kier molecular flexibility index (Phi) is 5.21. The van der Waals surface area contributed by atoms with Gasteiger partial charge in [0.05, 0.1) is 12.0 Å². The lowest BCUT2D eigenvalue weighted by molar-refractivity contribution is -0.384. The molecule has 2 heterocycles. The molecule has 3 aromatic rings. The molecule has 0 saturated heterocycles. The molecule has 9 nitrogen and oxygen atoms in total. The first-order valence-electron chi connectivity index (χ1n) is 7.90. The van der Waals surface area contributed by atoms with Crippen LogP contribution >= 0.6 is 11.8 Å². The third kappa shape index (κ3) is 3.54. The predicted molar refractivity (Wildman–Crippen MR) is 97.1 cm³/mol. The standard InChI is InChI=1S/C16H18N6O3S/c1-4-21-14(13-9-20(2)19-15(13)25-3)17-18-16(21)26-10-11-6-5-7-12(8-11)22(23)24/h5-9H,4,10H2,1-3H3. The zero-order chi connectivity index (χ0) is 18.7. The van der Waals surface area contributed by atoms with Crippen LogP contribution in [-0.2, 0) is 19.3 Å². The average molecular weight is 374 g/mol. The molecule has 0 spiro atoms. The zero-order valence-electron chi connectivity index (χ0n) is 14.6. The molecular weight excluding hydrogens is 356 g/mol. The third-order valence-corrected chi connectivity index (χ3v) is 4.79. The van der Waals surface area contributed by atoms with E-state index >= 15 is 0 Å². The summed E-state index contributed by atoms with van der Waals surface area (Å²) in [6, 6.07) is 6.60. The second-order valence-corrected chi connectivity index (χ2v) is 6.43. The number of nitro groups is 1. The highest BCUT2D eigenvalue weighted by atomic mass is 32.2. The fourth-order valence-corrected chi connectivity index (χ4v) is 3.50. The fraction of sp³-hybridized carbons (Fsp3) is 0.312. The molecule has 136 valence electrons. The minimum atomic E-state index is -0.393. The predicted octanol–water partition coefficient (Wildman–Crippen LogP) is 2.91. The Balaban J connectivity index is 1.85. The fourth-order valence-electron chi connectivity index (χ4n) is 2.56. The number of rotatable bonds is 7. The van der Waals surface area contributed by atoms with Gasteiger partial charge in [0.15, 0.2) is 11.0 Å². The van der Waals surface area contributed by atoms with E-state index in [2.05, 4.69) is 15.3 Å². The van der Waals surface area contributed by atoms with Gasteiger partial charge in [0.1, 0.15) is 5.56 Å². The van der Waals surface area contributed by atoms with Crippen LogP contribution in [0.5, 0.6) is 5.88 Å². The van der Waals surface area contributed by atoms with Gasteiger partial charge in [-0.15, -0.1) is 15.3 Å². The molecule has 26 heavy (non-hydrogen) atoms. The molecule has 10 heteroatoms. The summed E-state index contributed by atoms with van der Waals surface area (Å²) in [7, 11) is 3.38. The van der Waals surface area contributed by atoms with E-state index in [4.69, 9.17) is 4.74 Å². The first-order chi connectivity index (χ1) is 12.5. The molecule has 0 amide bonds. The summed E-state index contributed by atoms with van der Waals surface area (Å²) >= 11 is 1.48. The number of hydrogen-bond acceptors (Lipinski definition) is 7. The van der Waals surface area contributed by atoms with Gasteiger partial charge >= 0.3 is 0 Å². The largest absolute Gasteiger partial charge is 0.479 e. The maximum atomic E-state index is 10.9. The topological polar surface area (TPSA) is 101 Å². The van der Waals surface area contributed by atoms with E-state index in [0.29, 0.717) is 24.0 Å². The Morgan fingerprint density at radius 3 is 2.85 bits per heavy atom. The maximum Gasteiger partial charge on any atom is 0.269 e. The van der Waals surface area contributed by atoms with Crippen LogP contribution in [0.25, 0.3) is 11.4 Å². The highest BCUT2D eigenvalue weighted by Gasteiger charge is 2.19. The number of thioether (sulfide) groups is 1. The molecule has 0 aliphatic heterocycles. The summed E-state index contributed by atoms with van der Waals surface area (Å²) in [4.78, 5) is 10.5. The molecule has 0 atom stereocenters. The molecule has 0 fully saturated rings. The van der Waals surface area contributed by atoms with Gasteiger partial charge in [0, 0.05) is 37.7 Å². The zero-order valence-corrected chi connectivity index (χ0v) is 15.4. The molecule has 0 radical (unpaired) electrons. The van der Waals surface area contributed by atoms with Crippen LogP contribution in [0.15, 0.2) is 35.6 Å². The molecule has 2 aromatic heterocycles. The first kappa shape index (κ1) is 17.9. The number of nitrogens with zero attached hydrogens (tertiary/aromatic N) is 6. The quantitative estimate of drug-likeness (QED) is 0.356. The van der Waals surface area contributed by atoms with E-state index in [-0.39, 0.29) is 5.69 Å². The average Bonchev–Trinajstić information content (AvgIpc) is 3.22. The number of hydrogen-bond donors (Lipinski definition) is 0. The van der Waals surface area contributed by atoms with Crippen molar-refractivity contribution in [3.63, 3.8) is 0 Å². The molecule has 1 aromatic carbocycles. The van der Waals surface area contributed by atoms with Crippen LogP contribution in [0, 0.1) is 10.1 Å². The minimum Gasteiger partial charge on any atom is -0.479 e. The van der Waals surface area contributed by atoms with Crippen molar-refractivity contribution in [1.82, 2.24) is 24.5 Å². The first-order valence-corrected chi connectivity index (χ1v) is 8.89. The van der Waals surface area contributed by atoms with Crippen molar-refractivity contribution < 1.29 is 9.66 Å². The van der Waals surface area contributed by atoms with Gasteiger partial charge in [-0.2, -0.15) is 0 Å². The molecule has 0 N–H and O–H groups in total. The number of non-ortho nitro benzene ring substituents is 1. The summed E-state index contributed by atoms with van der Waals surface area (Å²) in [5.41, 5.74) is 1.71. The second kappa shape index (κ2) is 7.56. The van der Waals surface area contributed by atoms with Crippen molar-refractivity contribution in [3.05, 3.63) is 46.1 Å². The molecule has 0 aliphatic carbocycles. The molecule has 0 bridgehead atoms. The van der Waals surface area contributed by atoms with Crippen molar-refractivity contribution in [2.45, 2.75) is 24.4 Å². The highest BCUT2D eigenvalue weighted by Crippen LogP contribution is 2.31. The molecular formula is C16H18N6O3S. The van der Waals surface area contributed by atoms with Crippen LogP contribution in [0.2, 0.25) is 0 Å². The van der Waals surface area contributed by atoms with Gasteiger partial charge in [-0.25, -0.2) is 0 Å². The lowest BCUT2D eigenvalue weighted by Crippen LogP contribution is -2.00. The van der Waals surface area contributed by atoms with Gasteiger partial charge in [-0.05, 0) is 12.5 Å². The number of benzene rings is 1. The van der Waals surface area contributed by atoms with Crippen LogP contribution in [0.1, 0.15) is 12.5 Å². The van der Waals surface area contributed by atoms with Crippen molar-refractivity contribution in [2.75, 3.05) is 7.11 Å². The van der Waals surface area contributed by atoms with E-state index in [0.717, 1.165) is 16.3 Å². The Morgan fingerprint density at radius 1 is 1.35 bits per heavy atom. The summed E-state index contributed by atoms with van der Waals surface area (Å²) < 4.78 is 8.95. The third-order valence-electron chi connectivity index (χ3n) is 3.75. The maximum absolute atomic E-state index is 10.9. The van der Waals surface area contributed by atoms with Crippen molar-refractivity contribution >= 4 is 17.4 Å². The van der Waals surface area contributed by atoms with Crippen molar-refractivity contribution in [1.29, 1.82) is 0 Å². The van der Waals surface area contributed by atoms with Crippen LogP contribution < -0.4 is 4.74 Å². The van der Waals surface area contributed by atoms with E-state index in [1.807, 2.05) is 30.8 Å². The molecule has 0 saturated carbocycles. The second-order valence-electron chi connectivity index (χ2n) is 5.49. The van der Waals surface area contributed by atoms with E-state index in [9.17, 15) is 10.1 Å². The van der Waals surface area contributed by atoms with Crippen LogP contribution in [-0.4, -0.2) is 36.6 Å². The Morgan fingerprint density at radius 2 is 2.15 bits per heavy atom. The summed E-state index contributed by atoms with van der Waals surface area (Å²) in [6.45, 7) is 2.69. The number of methoxy groups -OCH3 is 1. The lowest BCUT2D eigenvalue weighted by Gasteiger charge is -2.07. The lowest BCUT2D eigenvalue weighted by atomic mass is 10.2. The summed E-state index contributed by atoms with van der Waals surface area (Å²) in [5, 5.41) is 24.4. The molecule has 0 aliphatic rings. The van der Waals surface area contributed by atoms with E-state index in [1.54, 1.807) is 23.9 Å². The number of ether oxygens (including phenoxy) is 1. The number of aromatic nitrogens is 5. The van der Waals surface area contributed by atoms with E-state index < -0.39 is 4.92 Å².